The third kappa shape index (κ3) is 3.75. The largest absolute Gasteiger partial charge is 0.456 e. The summed E-state index contributed by atoms with van der Waals surface area (Å²) in [6.07, 6.45) is 0. The van der Waals surface area contributed by atoms with Crippen LogP contribution in [-0.4, -0.2) is 9.13 Å². The van der Waals surface area contributed by atoms with Gasteiger partial charge in [-0.1, -0.05) is 103 Å². The SMILES string of the molecule is c1cc2c(c(-c3ccc(-n4c5ccccc5c5cc(-c6ccc7oc8ccccc8c7c6)ccc54)cc3)c1)-n1c3ccccc3c3cccc(c31)O2. The Balaban J connectivity index is 0.995. The molecule has 0 saturated heterocycles. The van der Waals surface area contributed by atoms with Crippen molar-refractivity contribution in [2.75, 3.05) is 0 Å². The molecule has 11 aromatic rings. The summed E-state index contributed by atoms with van der Waals surface area (Å²) in [7, 11) is 0. The molecule has 3 aromatic heterocycles. The summed E-state index contributed by atoms with van der Waals surface area (Å²) in [6.45, 7) is 0. The van der Waals surface area contributed by atoms with E-state index in [1.165, 1.54) is 49.2 Å². The number of hydrogen-bond acceptors (Lipinski definition) is 2. The first kappa shape index (κ1) is 27.7. The highest BCUT2D eigenvalue weighted by molar-refractivity contribution is 6.13. The van der Waals surface area contributed by atoms with Crippen LogP contribution in [0.3, 0.4) is 0 Å². The van der Waals surface area contributed by atoms with Crippen LogP contribution in [0.15, 0.2) is 174 Å². The molecule has 1 aliphatic heterocycles. The highest BCUT2D eigenvalue weighted by Gasteiger charge is 2.26. The normalized spacial score (nSPS) is 12.4. The number of hydrogen-bond donors (Lipinski definition) is 0. The molecule has 0 N–H and O–H groups in total. The van der Waals surface area contributed by atoms with E-state index in [1.54, 1.807) is 0 Å². The van der Waals surface area contributed by atoms with Gasteiger partial charge in [0.2, 0.25) is 0 Å². The van der Waals surface area contributed by atoms with E-state index in [1.807, 2.05) is 12.1 Å². The molecule has 52 heavy (non-hydrogen) atoms. The Kier molecular flexibility index (Phi) is 5.47. The molecule has 0 radical (unpaired) electrons. The zero-order chi connectivity index (χ0) is 33.9. The van der Waals surface area contributed by atoms with Gasteiger partial charge in [-0.25, -0.2) is 0 Å². The van der Waals surface area contributed by atoms with Crippen LogP contribution >= 0.6 is 0 Å². The molecule has 0 amide bonds. The minimum atomic E-state index is 0.862. The van der Waals surface area contributed by atoms with E-state index in [0.717, 1.165) is 61.5 Å². The number of fused-ring (bicyclic) bond motifs is 11. The smallest absolute Gasteiger partial charge is 0.152 e. The fourth-order valence-corrected chi connectivity index (χ4v) is 8.61. The second kappa shape index (κ2) is 10.3. The maximum atomic E-state index is 6.57. The highest BCUT2D eigenvalue weighted by atomic mass is 16.5. The highest BCUT2D eigenvalue weighted by Crippen LogP contribution is 2.48. The Morgan fingerprint density at radius 1 is 0.365 bits per heavy atom. The summed E-state index contributed by atoms with van der Waals surface area (Å²) in [5.74, 6) is 1.75. The van der Waals surface area contributed by atoms with Crippen molar-refractivity contribution in [2.24, 2.45) is 0 Å². The molecule has 4 nitrogen and oxygen atoms in total. The molecule has 0 saturated carbocycles. The van der Waals surface area contributed by atoms with Crippen molar-refractivity contribution in [1.29, 1.82) is 0 Å². The lowest BCUT2D eigenvalue weighted by atomic mass is 10.0. The van der Waals surface area contributed by atoms with Crippen LogP contribution in [0, 0.1) is 0 Å². The number of nitrogens with zero attached hydrogens (tertiary/aromatic N) is 2. The summed E-state index contributed by atoms with van der Waals surface area (Å²) in [5, 5.41) is 7.17. The first-order valence-corrected chi connectivity index (χ1v) is 17.7. The van der Waals surface area contributed by atoms with E-state index >= 15 is 0 Å². The first-order valence-electron chi connectivity index (χ1n) is 17.7. The Morgan fingerprint density at radius 2 is 0.962 bits per heavy atom. The van der Waals surface area contributed by atoms with Gasteiger partial charge in [0.1, 0.15) is 11.2 Å². The Morgan fingerprint density at radius 3 is 1.81 bits per heavy atom. The average molecular weight is 665 g/mol. The molecule has 0 spiro atoms. The van der Waals surface area contributed by atoms with Crippen molar-refractivity contribution in [3.63, 3.8) is 0 Å². The van der Waals surface area contributed by atoms with Crippen molar-refractivity contribution in [3.05, 3.63) is 170 Å². The van der Waals surface area contributed by atoms with Crippen LogP contribution < -0.4 is 4.74 Å². The Labute approximate surface area is 297 Å². The third-order valence-corrected chi connectivity index (χ3v) is 10.9. The molecule has 0 fully saturated rings. The Bertz CT molecular complexity index is 3270. The number of aromatic nitrogens is 2. The zero-order valence-electron chi connectivity index (χ0n) is 27.9. The number of furan rings is 1. The third-order valence-electron chi connectivity index (χ3n) is 10.9. The van der Waals surface area contributed by atoms with Crippen LogP contribution in [0.2, 0.25) is 0 Å². The Hall–Kier alpha value is -7.04. The van der Waals surface area contributed by atoms with Crippen LogP contribution in [0.4, 0.5) is 0 Å². The van der Waals surface area contributed by atoms with Crippen LogP contribution in [0.5, 0.6) is 11.5 Å². The topological polar surface area (TPSA) is 32.2 Å². The van der Waals surface area contributed by atoms with Gasteiger partial charge in [-0.2, -0.15) is 0 Å². The summed E-state index contributed by atoms with van der Waals surface area (Å²) in [5.41, 5.74) is 13.3. The van der Waals surface area contributed by atoms with Gasteiger partial charge in [0, 0.05) is 43.6 Å². The molecule has 0 unspecified atom stereocenters. The molecule has 8 aromatic carbocycles. The van der Waals surface area contributed by atoms with Crippen molar-refractivity contribution >= 4 is 65.6 Å². The monoisotopic (exact) mass is 664 g/mol. The molecule has 4 heteroatoms. The summed E-state index contributed by atoms with van der Waals surface area (Å²) in [6, 6.07) is 60.6. The van der Waals surface area contributed by atoms with Gasteiger partial charge in [-0.15, -0.1) is 0 Å². The lowest BCUT2D eigenvalue weighted by Crippen LogP contribution is -2.06. The maximum Gasteiger partial charge on any atom is 0.152 e. The van der Waals surface area contributed by atoms with Crippen LogP contribution in [-0.2, 0) is 0 Å². The molecule has 0 atom stereocenters. The van der Waals surface area contributed by atoms with Gasteiger partial charge in [-0.05, 0) is 83.4 Å². The summed E-state index contributed by atoms with van der Waals surface area (Å²) < 4.78 is 17.5. The lowest BCUT2D eigenvalue weighted by molar-refractivity contribution is 0.477. The predicted octanol–water partition coefficient (Wildman–Crippen LogP) is 13.2. The number of para-hydroxylation sites is 5. The van der Waals surface area contributed by atoms with E-state index in [2.05, 4.69) is 167 Å². The van der Waals surface area contributed by atoms with Gasteiger partial charge < -0.3 is 18.3 Å². The van der Waals surface area contributed by atoms with Gasteiger partial charge in [-0.3, -0.25) is 0 Å². The van der Waals surface area contributed by atoms with Crippen molar-refractivity contribution in [1.82, 2.24) is 9.13 Å². The minimum absolute atomic E-state index is 0.862. The maximum absolute atomic E-state index is 6.57. The molecule has 4 heterocycles. The second-order valence-electron chi connectivity index (χ2n) is 13.7. The van der Waals surface area contributed by atoms with Gasteiger partial charge in [0.15, 0.2) is 11.5 Å². The number of benzene rings is 8. The van der Waals surface area contributed by atoms with Gasteiger partial charge in [0.05, 0.1) is 27.8 Å². The van der Waals surface area contributed by atoms with E-state index in [9.17, 15) is 0 Å². The average Bonchev–Trinajstić information content (AvgIpc) is 3.86. The van der Waals surface area contributed by atoms with Crippen molar-refractivity contribution in [3.8, 4) is 45.1 Å². The molecule has 0 bridgehead atoms. The molecule has 242 valence electrons. The minimum Gasteiger partial charge on any atom is -0.456 e. The quantitative estimate of drug-likeness (QED) is 0.188. The van der Waals surface area contributed by atoms with Crippen LogP contribution in [0.1, 0.15) is 0 Å². The van der Waals surface area contributed by atoms with Crippen molar-refractivity contribution in [2.45, 2.75) is 0 Å². The van der Waals surface area contributed by atoms with E-state index in [4.69, 9.17) is 9.15 Å². The molecule has 1 aliphatic rings. The van der Waals surface area contributed by atoms with E-state index in [0.29, 0.717) is 0 Å². The van der Waals surface area contributed by atoms with Gasteiger partial charge in [0.25, 0.3) is 0 Å². The second-order valence-corrected chi connectivity index (χ2v) is 13.7. The lowest BCUT2D eigenvalue weighted by Gasteiger charge is -2.23. The number of ether oxygens (including phenoxy) is 1. The molecular formula is C48H28N2O2. The fourth-order valence-electron chi connectivity index (χ4n) is 8.61. The van der Waals surface area contributed by atoms with Crippen molar-refractivity contribution < 1.29 is 9.15 Å². The molecule has 12 rings (SSSR count). The van der Waals surface area contributed by atoms with Crippen LogP contribution in [0.25, 0.3) is 99.2 Å². The molecular weight excluding hydrogens is 637 g/mol. The summed E-state index contributed by atoms with van der Waals surface area (Å²) in [4.78, 5) is 0. The van der Waals surface area contributed by atoms with Gasteiger partial charge >= 0.3 is 0 Å². The standard InChI is InChI=1S/C48H28N2O2/c1-5-15-41-34(9-1)37-13-8-18-46-48(37)50(41)47-33(12-7-17-45(47)52-46)29-19-23-32(24-20-29)49-40-14-4-2-10-35(40)38-27-30(21-25-42(38)49)31-22-26-44-39(28-31)36-11-3-6-16-43(36)51-44/h1-28H. The molecule has 0 aliphatic carbocycles. The predicted molar refractivity (Wildman–Crippen MR) is 213 cm³/mol. The van der Waals surface area contributed by atoms with E-state index < -0.39 is 0 Å². The fraction of sp³-hybridized carbons (Fsp3) is 0. The number of rotatable bonds is 3. The summed E-state index contributed by atoms with van der Waals surface area (Å²) >= 11 is 0. The first-order chi connectivity index (χ1) is 25.8. The zero-order valence-corrected chi connectivity index (χ0v) is 27.9. The van der Waals surface area contributed by atoms with E-state index in [-0.39, 0.29) is 0 Å².